The number of benzene rings is 3. The number of carbonyl (C=O) groups excluding carboxylic acids is 1. The van der Waals surface area contributed by atoms with E-state index >= 15 is 0 Å². The highest BCUT2D eigenvalue weighted by atomic mass is 19.1. The van der Waals surface area contributed by atoms with Crippen molar-refractivity contribution >= 4 is 22.6 Å². The number of carbonyl (C=O) groups is 1. The maximum absolute atomic E-state index is 14.0. The Morgan fingerprint density at radius 3 is 2.58 bits per heavy atom. The van der Waals surface area contributed by atoms with Crippen molar-refractivity contribution in [1.29, 1.82) is 0 Å². The fourth-order valence-electron chi connectivity index (χ4n) is 4.72. The fraction of sp³-hybridized carbons (Fsp3) is 0.267. The predicted molar refractivity (Wildman–Crippen MR) is 138 cm³/mol. The Morgan fingerprint density at radius 1 is 0.972 bits per heavy atom. The molecule has 36 heavy (non-hydrogen) atoms. The third kappa shape index (κ3) is 4.17. The summed E-state index contributed by atoms with van der Waals surface area (Å²) in [4.78, 5) is 29.0. The molecule has 5 nitrogen and oxygen atoms in total. The van der Waals surface area contributed by atoms with Gasteiger partial charge in [0.25, 0.3) is 5.91 Å². The van der Waals surface area contributed by atoms with Crippen molar-refractivity contribution in [2.45, 2.75) is 46.1 Å². The van der Waals surface area contributed by atoms with E-state index in [0.29, 0.717) is 18.0 Å². The van der Waals surface area contributed by atoms with Crippen LogP contribution >= 0.6 is 0 Å². The summed E-state index contributed by atoms with van der Waals surface area (Å²) < 4.78 is 25.9. The number of hydrogen-bond donors (Lipinski definition) is 0. The molecular weight excluding hydrogens is 457 g/mol. The van der Waals surface area contributed by atoms with Gasteiger partial charge in [-0.15, -0.1) is 0 Å². The molecule has 0 N–H and O–H groups in total. The Hall–Kier alpha value is -3.93. The van der Waals surface area contributed by atoms with Crippen LogP contribution in [0, 0.1) is 19.7 Å². The first kappa shape index (κ1) is 23.8. The minimum atomic E-state index is -0.738. The van der Waals surface area contributed by atoms with Gasteiger partial charge in [-0.25, -0.2) is 4.39 Å². The van der Waals surface area contributed by atoms with Crippen LogP contribution in [0.5, 0.6) is 5.75 Å². The van der Waals surface area contributed by atoms with Crippen molar-refractivity contribution in [3.05, 3.63) is 105 Å². The highest BCUT2D eigenvalue weighted by molar-refractivity contribution is 6.10. The van der Waals surface area contributed by atoms with E-state index < -0.39 is 23.2 Å². The van der Waals surface area contributed by atoms with Gasteiger partial charge in [-0.05, 0) is 79.4 Å². The van der Waals surface area contributed by atoms with Crippen molar-refractivity contribution in [2.75, 3.05) is 11.5 Å². The minimum Gasteiger partial charge on any atom is -0.494 e. The van der Waals surface area contributed by atoms with Crippen LogP contribution in [-0.4, -0.2) is 12.5 Å². The average molecular weight is 486 g/mol. The average Bonchev–Trinajstić information content (AvgIpc) is 3.17. The van der Waals surface area contributed by atoms with E-state index in [4.69, 9.17) is 9.15 Å². The van der Waals surface area contributed by atoms with Gasteiger partial charge in [0.15, 0.2) is 5.43 Å². The van der Waals surface area contributed by atoms with Crippen molar-refractivity contribution in [1.82, 2.24) is 0 Å². The molecule has 0 fully saturated rings. The normalized spacial score (nSPS) is 14.9. The van der Waals surface area contributed by atoms with Gasteiger partial charge in [-0.2, -0.15) is 0 Å². The first-order chi connectivity index (χ1) is 17.4. The number of fused-ring (bicyclic) bond motifs is 2. The molecule has 3 aromatic carbocycles. The van der Waals surface area contributed by atoms with Gasteiger partial charge in [0.2, 0.25) is 5.76 Å². The quantitative estimate of drug-likeness (QED) is 0.268. The Balaban J connectivity index is 1.68. The van der Waals surface area contributed by atoms with Crippen molar-refractivity contribution < 1.29 is 18.3 Å². The Labute approximate surface area is 209 Å². The van der Waals surface area contributed by atoms with Gasteiger partial charge in [0, 0.05) is 5.69 Å². The molecule has 1 unspecified atom stereocenters. The maximum atomic E-state index is 14.0. The second kappa shape index (κ2) is 9.61. The van der Waals surface area contributed by atoms with Crippen LogP contribution in [0.15, 0.2) is 69.9 Å². The summed E-state index contributed by atoms with van der Waals surface area (Å²) in [5.74, 6) is -0.294. The first-order valence-corrected chi connectivity index (χ1v) is 12.3. The lowest BCUT2D eigenvalue weighted by atomic mass is 9.97. The molecule has 184 valence electrons. The summed E-state index contributed by atoms with van der Waals surface area (Å²) in [6.45, 7) is 6.71. The third-order valence-corrected chi connectivity index (χ3v) is 6.79. The zero-order chi connectivity index (χ0) is 25.4. The second-order valence-corrected chi connectivity index (χ2v) is 9.29. The second-order valence-electron chi connectivity index (χ2n) is 9.29. The van der Waals surface area contributed by atoms with E-state index in [0.717, 1.165) is 42.0 Å². The molecule has 2 heterocycles. The minimum absolute atomic E-state index is 0.0170. The van der Waals surface area contributed by atoms with Crippen LogP contribution < -0.4 is 15.1 Å². The van der Waals surface area contributed by atoms with Gasteiger partial charge in [0.1, 0.15) is 17.1 Å². The lowest BCUT2D eigenvalue weighted by molar-refractivity contribution is 0.0971. The van der Waals surface area contributed by atoms with E-state index in [9.17, 15) is 14.0 Å². The highest BCUT2D eigenvalue weighted by Crippen LogP contribution is 2.42. The molecule has 4 aromatic rings. The van der Waals surface area contributed by atoms with E-state index in [1.54, 1.807) is 4.90 Å². The molecule has 1 atom stereocenters. The standard InChI is InChI=1S/C30H28FNO4/c1-4-5-6-14-35-23-9-7-8-20(16-23)27-26-28(33)24-17-21(31)11-13-25(24)36-29(26)30(34)32(27)22-12-10-18(2)19(3)15-22/h7-13,15-17,27H,4-6,14H2,1-3H3. The third-order valence-electron chi connectivity index (χ3n) is 6.79. The molecule has 1 amide bonds. The number of amides is 1. The summed E-state index contributed by atoms with van der Waals surface area (Å²) in [5.41, 5.74) is 3.47. The number of rotatable bonds is 7. The number of nitrogens with zero attached hydrogens (tertiary/aromatic N) is 1. The Morgan fingerprint density at radius 2 is 1.81 bits per heavy atom. The van der Waals surface area contributed by atoms with Crippen LogP contribution in [0.1, 0.15) is 65.0 Å². The van der Waals surface area contributed by atoms with Crippen LogP contribution in [-0.2, 0) is 0 Å². The van der Waals surface area contributed by atoms with E-state index in [1.807, 2.05) is 56.3 Å². The number of halogens is 1. The van der Waals surface area contributed by atoms with Crippen LogP contribution in [0.25, 0.3) is 11.0 Å². The smallest absolute Gasteiger partial charge is 0.295 e. The lowest BCUT2D eigenvalue weighted by Gasteiger charge is -2.26. The molecule has 1 aromatic heterocycles. The zero-order valence-corrected chi connectivity index (χ0v) is 20.6. The first-order valence-electron chi connectivity index (χ1n) is 12.3. The van der Waals surface area contributed by atoms with E-state index in [2.05, 4.69) is 6.92 Å². The van der Waals surface area contributed by atoms with Gasteiger partial charge in [-0.3, -0.25) is 14.5 Å². The number of hydrogen-bond acceptors (Lipinski definition) is 4. The molecule has 1 aliphatic heterocycles. The summed E-state index contributed by atoms with van der Waals surface area (Å²) in [7, 11) is 0. The Kier molecular flexibility index (Phi) is 6.35. The largest absolute Gasteiger partial charge is 0.494 e. The molecule has 0 saturated heterocycles. The van der Waals surface area contributed by atoms with Gasteiger partial charge in [0.05, 0.1) is 23.6 Å². The monoisotopic (exact) mass is 485 g/mol. The van der Waals surface area contributed by atoms with Gasteiger partial charge >= 0.3 is 0 Å². The van der Waals surface area contributed by atoms with E-state index in [-0.39, 0.29) is 22.3 Å². The maximum Gasteiger partial charge on any atom is 0.295 e. The number of ether oxygens (including phenoxy) is 1. The van der Waals surface area contributed by atoms with E-state index in [1.165, 1.54) is 12.1 Å². The molecule has 0 radical (unpaired) electrons. The molecular formula is C30H28FNO4. The Bertz CT molecular complexity index is 1520. The summed E-state index contributed by atoms with van der Waals surface area (Å²) in [6, 6.07) is 16.2. The van der Waals surface area contributed by atoms with Gasteiger partial charge in [-0.1, -0.05) is 38.0 Å². The van der Waals surface area contributed by atoms with Gasteiger partial charge < -0.3 is 9.15 Å². The lowest BCUT2D eigenvalue weighted by Crippen LogP contribution is -2.29. The fourth-order valence-corrected chi connectivity index (χ4v) is 4.72. The van der Waals surface area contributed by atoms with Crippen molar-refractivity contribution in [3.63, 3.8) is 0 Å². The SMILES string of the molecule is CCCCCOc1cccc(C2c3c(oc4ccc(F)cc4c3=O)C(=O)N2c2ccc(C)c(C)c2)c1. The van der Waals surface area contributed by atoms with Crippen LogP contribution in [0.4, 0.5) is 10.1 Å². The molecule has 0 spiro atoms. The topological polar surface area (TPSA) is 59.8 Å². The number of anilines is 1. The van der Waals surface area contributed by atoms with Crippen molar-refractivity contribution in [3.8, 4) is 5.75 Å². The molecule has 0 saturated carbocycles. The number of aryl methyl sites for hydroxylation is 2. The highest BCUT2D eigenvalue weighted by Gasteiger charge is 2.43. The summed E-state index contributed by atoms with van der Waals surface area (Å²) >= 11 is 0. The van der Waals surface area contributed by atoms with Crippen LogP contribution in [0.2, 0.25) is 0 Å². The molecule has 5 rings (SSSR count). The number of unbranched alkanes of at least 4 members (excludes halogenated alkanes) is 2. The predicted octanol–water partition coefficient (Wildman–Crippen LogP) is 6.87. The van der Waals surface area contributed by atoms with Crippen LogP contribution in [0.3, 0.4) is 0 Å². The summed E-state index contributed by atoms with van der Waals surface area (Å²) in [5, 5.41) is 0.112. The molecule has 0 aliphatic carbocycles. The molecule has 1 aliphatic rings. The zero-order valence-electron chi connectivity index (χ0n) is 20.6. The molecule has 6 heteroatoms. The molecule has 0 bridgehead atoms. The van der Waals surface area contributed by atoms with Crippen molar-refractivity contribution in [2.24, 2.45) is 0 Å². The summed E-state index contributed by atoms with van der Waals surface area (Å²) in [6.07, 6.45) is 3.12.